The van der Waals surface area contributed by atoms with Crippen LogP contribution in [0.15, 0.2) is 89.7 Å². The molecule has 4 aromatic rings. The van der Waals surface area contributed by atoms with Gasteiger partial charge in [0, 0.05) is 57.9 Å². The lowest BCUT2D eigenvalue weighted by Crippen LogP contribution is -2.40. The van der Waals surface area contributed by atoms with Gasteiger partial charge in [0.2, 0.25) is 11.8 Å². The third-order valence-electron chi connectivity index (χ3n) is 9.09. The van der Waals surface area contributed by atoms with Crippen molar-refractivity contribution in [1.82, 2.24) is 15.4 Å². The molecule has 0 bridgehead atoms. The third kappa shape index (κ3) is 7.35. The summed E-state index contributed by atoms with van der Waals surface area (Å²) >= 11 is 1.75. The Labute approximate surface area is 298 Å². The molecule has 0 saturated carbocycles. The van der Waals surface area contributed by atoms with E-state index in [1.54, 1.807) is 39.6 Å². The first kappa shape index (κ1) is 35.0. The van der Waals surface area contributed by atoms with Gasteiger partial charge in [0.05, 0.1) is 24.3 Å². The molecule has 3 N–H and O–H groups in total. The van der Waals surface area contributed by atoms with E-state index in [1.807, 2.05) is 41.3 Å². The van der Waals surface area contributed by atoms with Crippen molar-refractivity contribution >= 4 is 45.9 Å². The van der Waals surface area contributed by atoms with Crippen LogP contribution in [0.3, 0.4) is 0 Å². The predicted octanol–water partition coefficient (Wildman–Crippen LogP) is 7.53. The van der Waals surface area contributed by atoms with E-state index < -0.39 is 11.4 Å². The maximum absolute atomic E-state index is 12.7. The average Bonchev–Trinajstić information content (AvgIpc) is 3.58. The maximum Gasteiger partial charge on any atom is 0.309 e. The number of carboxylic acids is 1. The van der Waals surface area contributed by atoms with E-state index in [1.165, 1.54) is 0 Å². The number of rotatable bonds is 11. The van der Waals surface area contributed by atoms with Crippen molar-refractivity contribution in [2.45, 2.75) is 76.6 Å². The first-order valence-corrected chi connectivity index (χ1v) is 17.7. The number of aliphatic carboxylic acids is 1. The monoisotopic (exact) mass is 694 g/mol. The fraction of sp³-hybridized carbons (Fsp3) is 0.350. The summed E-state index contributed by atoms with van der Waals surface area (Å²) in [6, 6.07) is 22.4. The average molecular weight is 695 g/mol. The molecular formula is C40H46N4O5S. The van der Waals surface area contributed by atoms with E-state index in [0.717, 1.165) is 56.0 Å². The van der Waals surface area contributed by atoms with Crippen LogP contribution in [-0.2, 0) is 33.7 Å². The zero-order chi connectivity index (χ0) is 35.8. The number of hydrogen-bond donors (Lipinski definition) is 3. The minimum absolute atomic E-state index is 0.000809. The molecule has 0 unspecified atom stereocenters. The molecule has 262 valence electrons. The number of anilines is 1. The first-order valence-electron chi connectivity index (χ1n) is 16.9. The van der Waals surface area contributed by atoms with Crippen molar-refractivity contribution in [3.63, 3.8) is 0 Å². The van der Waals surface area contributed by atoms with Crippen molar-refractivity contribution in [3.8, 4) is 5.75 Å². The van der Waals surface area contributed by atoms with Crippen molar-refractivity contribution in [1.29, 1.82) is 0 Å². The molecule has 2 aliphatic heterocycles. The molecule has 1 amide bonds. The summed E-state index contributed by atoms with van der Waals surface area (Å²) in [6.07, 6.45) is 4.94. The standard InChI is InChI=1S/C40H46N4O5S/c1-25(45)44-29(20-28-10-8-9-11-33(28)44)24-49-30-16-18-34-31(21-30)37(50-39(2,3)4)35(22-40(5,6)38(46)47)43(34)23-26-12-14-27(15-13-26)32-17-19-36(48-7)42-41-32/h8-19,21,29,41-42H,20,22-24H2,1-7H3,(H,46,47)/t29-/m0/s1. The van der Waals surface area contributed by atoms with Crippen LogP contribution in [0.25, 0.3) is 16.6 Å². The molecule has 1 atom stereocenters. The van der Waals surface area contributed by atoms with Gasteiger partial charge in [-0.25, -0.2) is 0 Å². The Morgan fingerprint density at radius 3 is 2.36 bits per heavy atom. The van der Waals surface area contributed by atoms with Gasteiger partial charge in [-0.1, -0.05) is 63.2 Å². The van der Waals surface area contributed by atoms with Gasteiger partial charge in [0.1, 0.15) is 12.4 Å². The second kappa shape index (κ2) is 13.8. The molecular weight excluding hydrogens is 649 g/mol. The van der Waals surface area contributed by atoms with E-state index in [9.17, 15) is 14.7 Å². The van der Waals surface area contributed by atoms with Gasteiger partial charge in [0.15, 0.2) is 0 Å². The summed E-state index contributed by atoms with van der Waals surface area (Å²) in [5.74, 6) is 0.515. The van der Waals surface area contributed by atoms with Crippen molar-refractivity contribution in [2.24, 2.45) is 5.41 Å². The number of para-hydroxylation sites is 1. The summed E-state index contributed by atoms with van der Waals surface area (Å²) < 4.78 is 13.8. The Bertz CT molecular complexity index is 1990. The number of carboxylic acid groups (broad SMARTS) is 1. The number of amides is 1. The molecule has 3 aromatic carbocycles. The fourth-order valence-corrected chi connectivity index (χ4v) is 7.75. The highest BCUT2D eigenvalue weighted by Crippen LogP contribution is 2.44. The number of nitrogens with one attached hydrogen (secondary N) is 2. The molecule has 0 saturated heterocycles. The van der Waals surface area contributed by atoms with Gasteiger partial charge in [-0.05, 0) is 67.3 Å². The molecule has 0 fully saturated rings. The number of allylic oxidation sites excluding steroid dienone is 2. The van der Waals surface area contributed by atoms with E-state index in [2.05, 4.69) is 78.7 Å². The van der Waals surface area contributed by atoms with Crippen LogP contribution < -0.4 is 20.5 Å². The highest BCUT2D eigenvalue weighted by Gasteiger charge is 2.34. The summed E-state index contributed by atoms with van der Waals surface area (Å²) in [7, 11) is 1.61. The van der Waals surface area contributed by atoms with Gasteiger partial charge in [-0.3, -0.25) is 20.4 Å². The number of thioether (sulfide) groups is 1. The summed E-state index contributed by atoms with van der Waals surface area (Å²) in [5.41, 5.74) is 12.4. The molecule has 3 heterocycles. The number of ether oxygens (including phenoxy) is 2. The summed E-state index contributed by atoms with van der Waals surface area (Å²) in [4.78, 5) is 28.0. The number of carbonyl (C=O) groups is 2. The van der Waals surface area contributed by atoms with Crippen LogP contribution in [0.1, 0.15) is 63.9 Å². The van der Waals surface area contributed by atoms with Gasteiger partial charge >= 0.3 is 5.97 Å². The van der Waals surface area contributed by atoms with Gasteiger partial charge in [0.25, 0.3) is 0 Å². The summed E-state index contributed by atoms with van der Waals surface area (Å²) in [6.45, 7) is 12.6. The Kier molecular flexibility index (Phi) is 9.68. The van der Waals surface area contributed by atoms with Crippen LogP contribution in [0, 0.1) is 5.41 Å². The van der Waals surface area contributed by atoms with Crippen LogP contribution in [-0.4, -0.2) is 46.1 Å². The largest absolute Gasteiger partial charge is 0.491 e. The van der Waals surface area contributed by atoms with Crippen LogP contribution >= 0.6 is 11.8 Å². The van der Waals surface area contributed by atoms with Crippen molar-refractivity contribution < 1.29 is 24.2 Å². The van der Waals surface area contributed by atoms with Crippen LogP contribution in [0.4, 0.5) is 5.69 Å². The fourth-order valence-electron chi connectivity index (χ4n) is 6.56. The van der Waals surface area contributed by atoms with E-state index in [-0.39, 0.29) is 16.7 Å². The van der Waals surface area contributed by atoms with Crippen LogP contribution in [0.5, 0.6) is 5.75 Å². The molecule has 10 heteroatoms. The lowest BCUT2D eigenvalue weighted by atomic mass is 9.88. The maximum atomic E-state index is 12.7. The SMILES string of the molecule is COC1=CC=C(c2ccc(Cn3c(CC(C)(C)C(=O)O)c(SC(C)(C)C)c4cc(OC[C@@H]5Cc6ccccc6N5C(C)=O)ccc43)cc2)NN1. The molecule has 9 nitrogen and oxygen atoms in total. The normalized spacial score (nSPS) is 15.9. The van der Waals surface area contributed by atoms with Crippen molar-refractivity contribution in [2.75, 3.05) is 18.6 Å². The Hall–Kier alpha value is -4.83. The highest BCUT2D eigenvalue weighted by molar-refractivity contribution is 8.00. The van der Waals surface area contributed by atoms with Crippen LogP contribution in [0.2, 0.25) is 0 Å². The number of hydrogen-bond acceptors (Lipinski definition) is 7. The lowest BCUT2D eigenvalue weighted by molar-refractivity contribution is -0.146. The highest BCUT2D eigenvalue weighted by atomic mass is 32.2. The number of nitrogens with zero attached hydrogens (tertiary/aromatic N) is 2. The quantitative estimate of drug-likeness (QED) is 0.139. The molecule has 0 radical (unpaired) electrons. The Morgan fingerprint density at radius 1 is 0.980 bits per heavy atom. The Morgan fingerprint density at radius 2 is 1.72 bits per heavy atom. The molecule has 0 aliphatic carbocycles. The van der Waals surface area contributed by atoms with E-state index in [4.69, 9.17) is 9.47 Å². The Balaban J connectivity index is 1.36. The second-order valence-corrected chi connectivity index (χ2v) is 16.4. The summed E-state index contributed by atoms with van der Waals surface area (Å²) in [5, 5.41) is 11.2. The van der Waals surface area contributed by atoms with Crippen molar-refractivity contribution in [3.05, 3.63) is 107 Å². The van der Waals surface area contributed by atoms with E-state index in [0.29, 0.717) is 31.2 Å². The minimum Gasteiger partial charge on any atom is -0.491 e. The number of fused-ring (bicyclic) bond motifs is 2. The first-order chi connectivity index (χ1) is 23.7. The number of aromatic nitrogens is 1. The smallest absolute Gasteiger partial charge is 0.309 e. The third-order valence-corrected chi connectivity index (χ3v) is 10.4. The molecule has 2 aliphatic rings. The van der Waals surface area contributed by atoms with Gasteiger partial charge in [-0.2, -0.15) is 0 Å². The number of hydrazine groups is 1. The molecule has 50 heavy (non-hydrogen) atoms. The zero-order valence-corrected chi connectivity index (χ0v) is 30.6. The molecule has 1 aromatic heterocycles. The van der Waals surface area contributed by atoms with Gasteiger partial charge < -0.3 is 24.0 Å². The predicted molar refractivity (Wildman–Crippen MR) is 200 cm³/mol. The molecule has 6 rings (SSSR count). The minimum atomic E-state index is -0.989. The number of methoxy groups -OCH3 is 1. The number of benzene rings is 3. The topological polar surface area (TPSA) is 105 Å². The van der Waals surface area contributed by atoms with Gasteiger partial charge in [-0.15, -0.1) is 11.8 Å². The van der Waals surface area contributed by atoms with E-state index >= 15 is 0 Å². The second-order valence-electron chi connectivity index (χ2n) is 14.6. The molecule has 0 spiro atoms. The number of carbonyl (C=O) groups excluding carboxylic acids is 1. The lowest BCUT2D eigenvalue weighted by Gasteiger charge is -2.24. The zero-order valence-electron chi connectivity index (χ0n) is 29.8.